The molecule has 0 saturated heterocycles. The summed E-state index contributed by atoms with van der Waals surface area (Å²) in [6.45, 7) is 8.03. The first kappa shape index (κ1) is 13.6. The number of ether oxygens (including phenoxy) is 1. The molecule has 2 aromatic rings. The van der Waals surface area contributed by atoms with Gasteiger partial charge in [-0.05, 0) is 44.0 Å². The van der Waals surface area contributed by atoms with E-state index in [9.17, 15) is 0 Å². The second kappa shape index (κ2) is 5.89. The van der Waals surface area contributed by atoms with Gasteiger partial charge in [-0.3, -0.25) is 4.68 Å². The molecule has 0 bridgehead atoms. The molecule has 102 valence electrons. The van der Waals surface area contributed by atoms with Crippen molar-refractivity contribution in [3.05, 3.63) is 46.8 Å². The van der Waals surface area contributed by atoms with Crippen LogP contribution < -0.4 is 10.5 Å². The Kier molecular flexibility index (Phi) is 4.22. The summed E-state index contributed by atoms with van der Waals surface area (Å²) in [4.78, 5) is 0. The molecule has 19 heavy (non-hydrogen) atoms. The third kappa shape index (κ3) is 3.15. The van der Waals surface area contributed by atoms with Crippen molar-refractivity contribution in [2.75, 3.05) is 0 Å². The number of benzene rings is 1. The van der Waals surface area contributed by atoms with Crippen LogP contribution in [0.3, 0.4) is 0 Å². The van der Waals surface area contributed by atoms with Gasteiger partial charge in [-0.2, -0.15) is 5.10 Å². The summed E-state index contributed by atoms with van der Waals surface area (Å²) >= 11 is 0. The van der Waals surface area contributed by atoms with Gasteiger partial charge in [0.15, 0.2) is 0 Å². The molecule has 0 amide bonds. The van der Waals surface area contributed by atoms with Crippen LogP contribution in [0.15, 0.2) is 24.3 Å². The number of hydrogen-bond donors (Lipinski definition) is 1. The highest BCUT2D eigenvalue weighted by Gasteiger charge is 2.06. The van der Waals surface area contributed by atoms with E-state index in [1.807, 2.05) is 36.7 Å². The Morgan fingerprint density at radius 1 is 1.26 bits per heavy atom. The van der Waals surface area contributed by atoms with Crippen LogP contribution in [0.25, 0.3) is 0 Å². The Balaban J connectivity index is 2.13. The lowest BCUT2D eigenvalue weighted by molar-refractivity contribution is 0.290. The highest BCUT2D eigenvalue weighted by molar-refractivity contribution is 5.36. The molecule has 4 heteroatoms. The lowest BCUT2D eigenvalue weighted by atomic mass is 10.1. The van der Waals surface area contributed by atoms with Gasteiger partial charge < -0.3 is 10.5 Å². The van der Waals surface area contributed by atoms with E-state index in [0.717, 1.165) is 34.8 Å². The van der Waals surface area contributed by atoms with E-state index in [1.54, 1.807) is 0 Å². The fourth-order valence-corrected chi connectivity index (χ4v) is 2.07. The van der Waals surface area contributed by atoms with Gasteiger partial charge in [0.1, 0.15) is 12.4 Å². The largest absolute Gasteiger partial charge is 0.487 e. The highest BCUT2D eigenvalue weighted by Crippen LogP contribution is 2.21. The SMILES string of the molecule is CCn1nc(C)cc1COc1cc(CN)ccc1C. The molecule has 0 aliphatic rings. The molecule has 0 unspecified atom stereocenters. The van der Waals surface area contributed by atoms with Crippen molar-refractivity contribution in [1.82, 2.24) is 9.78 Å². The van der Waals surface area contributed by atoms with Crippen molar-refractivity contribution in [2.24, 2.45) is 5.73 Å². The van der Waals surface area contributed by atoms with Gasteiger partial charge in [0.2, 0.25) is 0 Å². The molecular weight excluding hydrogens is 238 g/mol. The predicted octanol–water partition coefficient (Wildman–Crippen LogP) is 2.56. The minimum Gasteiger partial charge on any atom is -0.487 e. The van der Waals surface area contributed by atoms with E-state index in [-0.39, 0.29) is 0 Å². The average Bonchev–Trinajstić information content (AvgIpc) is 2.78. The van der Waals surface area contributed by atoms with Gasteiger partial charge in [-0.1, -0.05) is 12.1 Å². The average molecular weight is 259 g/mol. The van der Waals surface area contributed by atoms with Crippen LogP contribution in [0, 0.1) is 13.8 Å². The van der Waals surface area contributed by atoms with Crippen LogP contribution in [0.5, 0.6) is 5.75 Å². The zero-order valence-corrected chi connectivity index (χ0v) is 11.8. The number of aromatic nitrogens is 2. The first-order chi connectivity index (χ1) is 9.13. The normalized spacial score (nSPS) is 10.7. The second-order valence-corrected chi connectivity index (χ2v) is 4.69. The second-order valence-electron chi connectivity index (χ2n) is 4.69. The molecule has 0 spiro atoms. The minimum atomic E-state index is 0.530. The van der Waals surface area contributed by atoms with E-state index in [2.05, 4.69) is 18.1 Å². The molecule has 2 N–H and O–H groups in total. The lowest BCUT2D eigenvalue weighted by Crippen LogP contribution is -2.07. The number of nitrogens with zero attached hydrogens (tertiary/aromatic N) is 2. The Morgan fingerprint density at radius 2 is 2.05 bits per heavy atom. The van der Waals surface area contributed by atoms with E-state index in [0.29, 0.717) is 13.2 Å². The third-order valence-corrected chi connectivity index (χ3v) is 3.15. The van der Waals surface area contributed by atoms with Crippen LogP contribution in [-0.2, 0) is 19.7 Å². The predicted molar refractivity (Wildman–Crippen MR) is 76.0 cm³/mol. The van der Waals surface area contributed by atoms with Crippen LogP contribution in [0.2, 0.25) is 0 Å². The molecule has 1 aromatic heterocycles. The molecule has 0 atom stereocenters. The van der Waals surface area contributed by atoms with Gasteiger partial charge in [0.05, 0.1) is 11.4 Å². The Hall–Kier alpha value is -1.81. The standard InChI is InChI=1S/C15H21N3O/c1-4-18-14(7-12(3)17-18)10-19-15-8-13(9-16)6-5-11(15)2/h5-8H,4,9-10,16H2,1-3H3. The Labute approximate surface area is 114 Å². The summed E-state index contributed by atoms with van der Waals surface area (Å²) in [6, 6.07) is 8.14. The van der Waals surface area contributed by atoms with E-state index in [1.165, 1.54) is 0 Å². The summed E-state index contributed by atoms with van der Waals surface area (Å²) in [5.41, 5.74) is 9.98. The quantitative estimate of drug-likeness (QED) is 0.897. The van der Waals surface area contributed by atoms with Crippen LogP contribution in [-0.4, -0.2) is 9.78 Å². The van der Waals surface area contributed by atoms with Crippen molar-refractivity contribution in [1.29, 1.82) is 0 Å². The first-order valence-electron chi connectivity index (χ1n) is 6.59. The summed E-state index contributed by atoms with van der Waals surface area (Å²) in [7, 11) is 0. The molecule has 0 fully saturated rings. The fraction of sp³-hybridized carbons (Fsp3) is 0.400. The van der Waals surface area contributed by atoms with Crippen molar-refractivity contribution in [2.45, 2.75) is 40.5 Å². The maximum absolute atomic E-state index is 5.90. The summed E-state index contributed by atoms with van der Waals surface area (Å²) in [5.74, 6) is 0.893. The number of nitrogens with two attached hydrogens (primary N) is 1. The summed E-state index contributed by atoms with van der Waals surface area (Å²) < 4.78 is 7.87. The van der Waals surface area contributed by atoms with Crippen LogP contribution in [0.4, 0.5) is 0 Å². The van der Waals surface area contributed by atoms with Crippen LogP contribution in [0.1, 0.15) is 29.4 Å². The molecule has 0 saturated carbocycles. The molecule has 0 radical (unpaired) electrons. The fourth-order valence-electron chi connectivity index (χ4n) is 2.07. The Bertz CT molecular complexity index is 561. The van der Waals surface area contributed by atoms with E-state index < -0.39 is 0 Å². The van der Waals surface area contributed by atoms with Crippen molar-refractivity contribution >= 4 is 0 Å². The maximum Gasteiger partial charge on any atom is 0.130 e. The lowest BCUT2D eigenvalue weighted by Gasteiger charge is -2.11. The van der Waals surface area contributed by atoms with Gasteiger partial charge >= 0.3 is 0 Å². The van der Waals surface area contributed by atoms with E-state index in [4.69, 9.17) is 10.5 Å². The monoisotopic (exact) mass is 259 g/mol. The molecule has 1 aromatic carbocycles. The smallest absolute Gasteiger partial charge is 0.130 e. The molecule has 2 rings (SSSR count). The topological polar surface area (TPSA) is 53.1 Å². The van der Waals surface area contributed by atoms with Crippen molar-refractivity contribution in [3.63, 3.8) is 0 Å². The zero-order chi connectivity index (χ0) is 13.8. The van der Waals surface area contributed by atoms with E-state index >= 15 is 0 Å². The molecule has 1 heterocycles. The number of aryl methyl sites for hydroxylation is 3. The van der Waals surface area contributed by atoms with Crippen molar-refractivity contribution in [3.8, 4) is 5.75 Å². The number of rotatable bonds is 5. The molecule has 0 aliphatic carbocycles. The van der Waals surface area contributed by atoms with Gasteiger partial charge in [0, 0.05) is 13.1 Å². The zero-order valence-electron chi connectivity index (χ0n) is 11.8. The maximum atomic E-state index is 5.90. The van der Waals surface area contributed by atoms with Gasteiger partial charge in [-0.25, -0.2) is 0 Å². The molecule has 4 nitrogen and oxygen atoms in total. The van der Waals surface area contributed by atoms with Crippen molar-refractivity contribution < 1.29 is 4.74 Å². The Morgan fingerprint density at radius 3 is 2.74 bits per heavy atom. The third-order valence-electron chi connectivity index (χ3n) is 3.15. The molecular formula is C15H21N3O. The number of hydrogen-bond acceptors (Lipinski definition) is 3. The first-order valence-corrected chi connectivity index (χ1v) is 6.59. The van der Waals surface area contributed by atoms with Crippen LogP contribution >= 0.6 is 0 Å². The highest BCUT2D eigenvalue weighted by atomic mass is 16.5. The summed E-state index contributed by atoms with van der Waals surface area (Å²) in [6.07, 6.45) is 0. The molecule has 0 aliphatic heterocycles. The minimum absolute atomic E-state index is 0.530. The van der Waals surface area contributed by atoms with Gasteiger partial charge in [-0.15, -0.1) is 0 Å². The van der Waals surface area contributed by atoms with Gasteiger partial charge in [0.25, 0.3) is 0 Å². The summed E-state index contributed by atoms with van der Waals surface area (Å²) in [5, 5.41) is 4.41.